The number of carboxylic acid groups (broad SMARTS) is 1. The maximum absolute atomic E-state index is 12.1. The summed E-state index contributed by atoms with van der Waals surface area (Å²) >= 11 is 0. The molecule has 22 heavy (non-hydrogen) atoms. The van der Waals surface area contributed by atoms with Crippen molar-refractivity contribution >= 4 is 17.7 Å². The SMILES string of the molecule is CN1CCN(c2cccc(-c3cc(C(=O)O)nn3C)c2)C1=O. The fourth-order valence-corrected chi connectivity index (χ4v) is 2.56. The van der Waals surface area contributed by atoms with Crippen LogP contribution in [-0.4, -0.2) is 51.9 Å². The Morgan fingerprint density at radius 1 is 1.23 bits per heavy atom. The highest BCUT2D eigenvalue weighted by molar-refractivity contribution is 5.94. The highest BCUT2D eigenvalue weighted by Gasteiger charge is 2.26. The summed E-state index contributed by atoms with van der Waals surface area (Å²) in [6.07, 6.45) is 0. The average Bonchev–Trinajstić information content (AvgIpc) is 3.04. The van der Waals surface area contributed by atoms with Gasteiger partial charge in [0.15, 0.2) is 5.69 Å². The van der Waals surface area contributed by atoms with Crippen LogP contribution in [0.5, 0.6) is 0 Å². The van der Waals surface area contributed by atoms with Crippen molar-refractivity contribution < 1.29 is 14.7 Å². The molecular formula is C15H16N4O3. The number of benzene rings is 1. The van der Waals surface area contributed by atoms with Gasteiger partial charge in [-0.25, -0.2) is 9.59 Å². The smallest absolute Gasteiger partial charge is 0.356 e. The van der Waals surface area contributed by atoms with Crippen molar-refractivity contribution in [1.29, 1.82) is 0 Å². The first-order chi connectivity index (χ1) is 10.5. The number of carboxylic acids is 1. The zero-order chi connectivity index (χ0) is 15.9. The van der Waals surface area contributed by atoms with E-state index in [4.69, 9.17) is 5.11 Å². The number of carbonyl (C=O) groups is 2. The van der Waals surface area contributed by atoms with Gasteiger partial charge < -0.3 is 10.0 Å². The lowest BCUT2D eigenvalue weighted by Crippen LogP contribution is -2.29. The molecule has 2 amide bonds. The number of aromatic nitrogens is 2. The van der Waals surface area contributed by atoms with Crippen molar-refractivity contribution in [3.63, 3.8) is 0 Å². The molecule has 3 rings (SSSR count). The van der Waals surface area contributed by atoms with Gasteiger partial charge in [-0.2, -0.15) is 5.10 Å². The number of aryl methyl sites for hydroxylation is 1. The number of hydrogen-bond donors (Lipinski definition) is 1. The fourth-order valence-electron chi connectivity index (χ4n) is 2.56. The normalized spacial score (nSPS) is 14.7. The van der Waals surface area contributed by atoms with Crippen molar-refractivity contribution in [3.8, 4) is 11.3 Å². The van der Waals surface area contributed by atoms with Gasteiger partial charge >= 0.3 is 12.0 Å². The van der Waals surface area contributed by atoms with E-state index in [0.29, 0.717) is 18.8 Å². The number of urea groups is 1. The molecule has 0 bridgehead atoms. The predicted molar refractivity (Wildman–Crippen MR) is 81.0 cm³/mol. The van der Waals surface area contributed by atoms with E-state index in [1.165, 1.54) is 10.7 Å². The summed E-state index contributed by atoms with van der Waals surface area (Å²) in [5, 5.41) is 13.0. The summed E-state index contributed by atoms with van der Waals surface area (Å²) in [7, 11) is 3.47. The minimum absolute atomic E-state index is 0.000106. The van der Waals surface area contributed by atoms with Crippen molar-refractivity contribution in [2.45, 2.75) is 0 Å². The van der Waals surface area contributed by atoms with Gasteiger partial charge in [0.2, 0.25) is 0 Å². The Morgan fingerprint density at radius 3 is 2.59 bits per heavy atom. The molecule has 1 N–H and O–H groups in total. The lowest BCUT2D eigenvalue weighted by atomic mass is 10.1. The van der Waals surface area contributed by atoms with E-state index in [1.807, 2.05) is 24.3 Å². The Kier molecular flexibility index (Phi) is 3.32. The van der Waals surface area contributed by atoms with Gasteiger partial charge in [-0.1, -0.05) is 12.1 Å². The molecule has 0 saturated carbocycles. The molecule has 2 aromatic rings. The highest BCUT2D eigenvalue weighted by atomic mass is 16.4. The van der Waals surface area contributed by atoms with Crippen LogP contribution >= 0.6 is 0 Å². The van der Waals surface area contributed by atoms with E-state index in [9.17, 15) is 9.59 Å². The standard InChI is InChI=1S/C15H16N4O3/c1-17-6-7-19(15(17)22)11-5-3-4-10(8-11)13-9-12(14(20)21)16-18(13)2/h3-5,8-9H,6-7H2,1-2H3,(H,20,21). The number of likely N-dealkylation sites (N-methyl/N-ethyl adjacent to an activating group) is 1. The predicted octanol–water partition coefficient (Wildman–Crippen LogP) is 1.66. The van der Waals surface area contributed by atoms with Gasteiger partial charge in [0.05, 0.1) is 5.69 Å². The lowest BCUT2D eigenvalue weighted by Gasteiger charge is -2.17. The summed E-state index contributed by atoms with van der Waals surface area (Å²) < 4.78 is 1.53. The van der Waals surface area contributed by atoms with Gasteiger partial charge in [-0.05, 0) is 18.2 Å². The molecule has 1 fully saturated rings. The molecule has 1 aliphatic rings. The van der Waals surface area contributed by atoms with Crippen LogP contribution in [0.2, 0.25) is 0 Å². The molecule has 2 heterocycles. The minimum Gasteiger partial charge on any atom is -0.476 e. The number of anilines is 1. The zero-order valence-corrected chi connectivity index (χ0v) is 12.4. The van der Waals surface area contributed by atoms with Crippen molar-refractivity contribution in [3.05, 3.63) is 36.0 Å². The van der Waals surface area contributed by atoms with Crippen LogP contribution in [0.15, 0.2) is 30.3 Å². The molecule has 7 heteroatoms. The van der Waals surface area contributed by atoms with E-state index < -0.39 is 5.97 Å². The van der Waals surface area contributed by atoms with Crippen LogP contribution in [0.25, 0.3) is 11.3 Å². The van der Waals surface area contributed by atoms with Gasteiger partial charge in [-0.3, -0.25) is 9.58 Å². The molecule has 1 aromatic heterocycles. The van der Waals surface area contributed by atoms with Gasteiger partial charge in [0.1, 0.15) is 0 Å². The number of carbonyl (C=O) groups excluding carboxylic acids is 1. The molecule has 0 unspecified atom stereocenters. The molecule has 114 valence electrons. The molecule has 1 saturated heterocycles. The largest absolute Gasteiger partial charge is 0.476 e. The Hall–Kier alpha value is -2.83. The highest BCUT2D eigenvalue weighted by Crippen LogP contribution is 2.27. The van der Waals surface area contributed by atoms with E-state index >= 15 is 0 Å². The van der Waals surface area contributed by atoms with Crippen LogP contribution in [0, 0.1) is 0 Å². The van der Waals surface area contributed by atoms with Gasteiger partial charge in [0, 0.05) is 38.4 Å². The molecule has 0 spiro atoms. The topological polar surface area (TPSA) is 78.7 Å². The van der Waals surface area contributed by atoms with E-state index in [-0.39, 0.29) is 11.7 Å². The van der Waals surface area contributed by atoms with Crippen LogP contribution in [-0.2, 0) is 7.05 Å². The Bertz CT molecular complexity index is 753. The van der Waals surface area contributed by atoms with Crippen molar-refractivity contribution in [2.75, 3.05) is 25.0 Å². The lowest BCUT2D eigenvalue weighted by molar-refractivity contribution is 0.0689. The number of aromatic carboxylic acids is 1. The number of nitrogens with zero attached hydrogens (tertiary/aromatic N) is 4. The van der Waals surface area contributed by atoms with Gasteiger partial charge in [-0.15, -0.1) is 0 Å². The van der Waals surface area contributed by atoms with Crippen molar-refractivity contribution in [2.24, 2.45) is 7.05 Å². The molecule has 7 nitrogen and oxygen atoms in total. The van der Waals surface area contributed by atoms with Gasteiger partial charge in [0.25, 0.3) is 0 Å². The number of hydrogen-bond acceptors (Lipinski definition) is 3. The Balaban J connectivity index is 1.98. The molecule has 0 aliphatic carbocycles. The summed E-state index contributed by atoms with van der Waals surface area (Å²) in [6, 6.07) is 8.96. The third-order valence-corrected chi connectivity index (χ3v) is 3.77. The average molecular weight is 300 g/mol. The Morgan fingerprint density at radius 2 is 2.00 bits per heavy atom. The van der Waals surface area contributed by atoms with E-state index in [0.717, 1.165) is 11.3 Å². The second-order valence-electron chi connectivity index (χ2n) is 5.25. The first-order valence-corrected chi connectivity index (χ1v) is 6.88. The third kappa shape index (κ3) is 2.30. The summed E-state index contributed by atoms with van der Waals surface area (Å²) in [5.74, 6) is -1.06. The van der Waals surface area contributed by atoms with Crippen LogP contribution in [0.4, 0.5) is 10.5 Å². The number of amides is 2. The monoisotopic (exact) mass is 300 g/mol. The molecule has 0 radical (unpaired) electrons. The van der Waals surface area contributed by atoms with Crippen LogP contribution in [0.3, 0.4) is 0 Å². The maximum atomic E-state index is 12.1. The van der Waals surface area contributed by atoms with E-state index in [1.54, 1.807) is 23.9 Å². The summed E-state index contributed by atoms with van der Waals surface area (Å²) in [5.41, 5.74) is 2.31. The second kappa shape index (κ2) is 5.18. The summed E-state index contributed by atoms with van der Waals surface area (Å²) in [4.78, 5) is 26.5. The summed E-state index contributed by atoms with van der Waals surface area (Å²) in [6.45, 7) is 1.34. The molecule has 1 aliphatic heterocycles. The van der Waals surface area contributed by atoms with E-state index in [2.05, 4.69) is 5.10 Å². The third-order valence-electron chi connectivity index (χ3n) is 3.77. The first-order valence-electron chi connectivity index (χ1n) is 6.88. The van der Waals surface area contributed by atoms with Crippen LogP contribution in [0.1, 0.15) is 10.5 Å². The second-order valence-corrected chi connectivity index (χ2v) is 5.25. The zero-order valence-electron chi connectivity index (χ0n) is 12.4. The van der Waals surface area contributed by atoms with Crippen molar-refractivity contribution in [1.82, 2.24) is 14.7 Å². The fraction of sp³-hybridized carbons (Fsp3) is 0.267. The minimum atomic E-state index is -1.06. The van der Waals surface area contributed by atoms with Crippen LogP contribution < -0.4 is 4.90 Å². The molecule has 0 atom stereocenters. The quantitative estimate of drug-likeness (QED) is 0.935. The maximum Gasteiger partial charge on any atom is 0.356 e. The first kappa shape index (κ1) is 14.1. The Labute approximate surface area is 127 Å². The molecular weight excluding hydrogens is 284 g/mol. The number of rotatable bonds is 3. The molecule has 1 aromatic carbocycles.